The van der Waals surface area contributed by atoms with Crippen molar-refractivity contribution in [3.05, 3.63) is 124 Å². The summed E-state index contributed by atoms with van der Waals surface area (Å²) in [7, 11) is -1.35. The predicted octanol–water partition coefficient (Wildman–Crippen LogP) is 5.06. The van der Waals surface area contributed by atoms with Crippen molar-refractivity contribution < 1.29 is 115 Å². The van der Waals surface area contributed by atoms with Crippen LogP contribution in [-0.4, -0.2) is 265 Å². The van der Waals surface area contributed by atoms with E-state index in [1.54, 1.807) is 57.5 Å². The Bertz CT molecular complexity index is 5100. The summed E-state index contributed by atoms with van der Waals surface area (Å²) in [6.07, 6.45) is -0.803. The number of hydrogen-bond acceptors (Lipinski definition) is 26. The van der Waals surface area contributed by atoms with Gasteiger partial charge in [0, 0.05) is 92.0 Å². The normalized spacial score (nSPS) is 25.4. The number of aliphatic hydroxyl groups is 3. The second-order valence-electron chi connectivity index (χ2n) is 33.9. The molecule has 121 heavy (non-hydrogen) atoms. The number of rotatable bonds is 35. The van der Waals surface area contributed by atoms with E-state index in [0.29, 0.717) is 70.4 Å². The number of nitrogens with zero attached hydrogens (tertiary/aromatic N) is 8. The number of aliphatic hydroxyl groups excluding tert-OH is 3. The molecule has 4 bridgehead atoms. The van der Waals surface area contributed by atoms with Crippen molar-refractivity contribution in [2.45, 2.75) is 186 Å². The van der Waals surface area contributed by atoms with Gasteiger partial charge in [-0.15, -0.1) is 0 Å². The molecule has 6 fully saturated rings. The SMILES string of the molecule is COCCN(CCOC12CC3(C)CC(C)(CC(Cn4ncc(-c5ccc(N6CCc7c(OC)ccc(C(=O)Nc8nc9ccccc9s8)c7C6)nc5C(=O)O)c4C)(C3)C1)C2)C(=O)OCc1ccc(NC(=O)[C@H](C)NC(=O)C(NC(=O)CN2C(=O)[C@@H](N3C(=O)C=CC3=O)C[C@H]2COCCS(=O)(=O)O)C(C)C)cc1CC[C@@H]1O[C@H](C(=O)O)[C@@H](O)[C@H](O)[C@H]1O. The van der Waals surface area contributed by atoms with Gasteiger partial charge in [-0.1, -0.05) is 57.2 Å². The number of fused-ring (bicyclic) bond motifs is 2. The van der Waals surface area contributed by atoms with E-state index in [1.165, 1.54) is 42.4 Å². The molecule has 650 valence electrons. The van der Waals surface area contributed by atoms with Gasteiger partial charge >= 0.3 is 18.0 Å². The Hall–Kier alpha value is -10.4. The summed E-state index contributed by atoms with van der Waals surface area (Å²) in [5.41, 5.74) is 4.27. The van der Waals surface area contributed by atoms with Gasteiger partial charge in [-0.3, -0.25) is 53.0 Å². The van der Waals surface area contributed by atoms with E-state index in [9.17, 15) is 86.4 Å². The summed E-state index contributed by atoms with van der Waals surface area (Å²) >= 11 is 1.37. The Kier molecular flexibility index (Phi) is 26.3. The number of aromatic carboxylic acids is 1. The number of aryl methyl sites for hydroxylation is 1. The molecule has 0 spiro atoms. The lowest BCUT2D eigenvalue weighted by Gasteiger charge is -2.69. The molecule has 8 aliphatic rings. The second kappa shape index (κ2) is 35.9. The minimum atomic E-state index is -4.43. The molecule has 3 unspecified atom stereocenters. The highest BCUT2D eigenvalue weighted by molar-refractivity contribution is 7.85. The number of thiazole rings is 1. The number of likely N-dealkylation sites (tertiary alicyclic amines) is 1. The van der Waals surface area contributed by atoms with E-state index < -0.39 is 149 Å². The highest BCUT2D eigenvalue weighted by Gasteiger charge is 2.66. The van der Waals surface area contributed by atoms with Crippen molar-refractivity contribution in [2.24, 2.45) is 22.2 Å². The highest BCUT2D eigenvalue weighted by atomic mass is 32.2. The maximum Gasteiger partial charge on any atom is 0.410 e. The molecule has 4 saturated carbocycles. The Balaban J connectivity index is 0.658. The Morgan fingerprint density at radius 3 is 2.21 bits per heavy atom. The van der Waals surface area contributed by atoms with Gasteiger partial charge < -0.3 is 84.6 Å². The van der Waals surface area contributed by atoms with Gasteiger partial charge in [0.15, 0.2) is 16.9 Å². The molecule has 6 aromatic rings. The predicted molar refractivity (Wildman–Crippen MR) is 435 cm³/mol. The number of carboxylic acids is 2. The number of aromatic nitrogens is 4. The first-order valence-electron chi connectivity index (χ1n) is 40.1. The minimum absolute atomic E-state index is 0.0551. The third kappa shape index (κ3) is 19.6. The minimum Gasteiger partial charge on any atom is -0.496 e. The number of carboxylic acid groups (broad SMARTS) is 2. The van der Waals surface area contributed by atoms with Crippen LogP contribution in [0.15, 0.2) is 85.1 Å². The molecule has 4 aliphatic carbocycles. The molecule has 4 aliphatic heterocycles. The van der Waals surface area contributed by atoms with Crippen LogP contribution in [-0.2, 0) is 99.9 Å². The number of methoxy groups -OCH3 is 2. The van der Waals surface area contributed by atoms with E-state index in [0.717, 1.165) is 81.1 Å². The molecule has 7 heterocycles. The summed E-state index contributed by atoms with van der Waals surface area (Å²) in [6.45, 7) is 10.9. The van der Waals surface area contributed by atoms with E-state index in [1.807, 2.05) is 40.8 Å². The summed E-state index contributed by atoms with van der Waals surface area (Å²) in [5.74, 6) is -8.24. The quantitative estimate of drug-likeness (QED) is 0.0141. The van der Waals surface area contributed by atoms with E-state index in [4.69, 9.17) is 38.5 Å². The first-order valence-corrected chi connectivity index (χ1v) is 42.6. The van der Waals surface area contributed by atoms with Crippen LogP contribution in [0.3, 0.4) is 0 Å². The third-order valence-electron chi connectivity index (χ3n) is 24.1. The maximum atomic E-state index is 14.5. The first-order chi connectivity index (χ1) is 57.4. The number of amides is 8. The molecule has 0 radical (unpaired) electrons. The van der Waals surface area contributed by atoms with Crippen LogP contribution in [0, 0.1) is 29.1 Å². The molecular weight excluding hydrogens is 1610 g/mol. The fraction of sp³-hybridized carbons (Fsp3) is 0.530. The molecule has 3 aromatic carbocycles. The number of pyridine rings is 1. The topological polar surface area (TPSA) is 486 Å². The zero-order chi connectivity index (χ0) is 86.9. The van der Waals surface area contributed by atoms with Gasteiger partial charge in [0.2, 0.25) is 23.6 Å². The van der Waals surface area contributed by atoms with Crippen LogP contribution in [0.1, 0.15) is 135 Å². The average molecular weight is 1720 g/mol. The van der Waals surface area contributed by atoms with Gasteiger partial charge in [-0.25, -0.2) is 24.4 Å². The monoisotopic (exact) mass is 1710 g/mol. The molecule has 8 amide bonds. The number of nitrogens with one attached hydrogen (secondary N) is 4. The Morgan fingerprint density at radius 1 is 0.793 bits per heavy atom. The Morgan fingerprint density at radius 2 is 1.52 bits per heavy atom. The van der Waals surface area contributed by atoms with Crippen LogP contribution < -0.4 is 30.9 Å². The zero-order valence-electron chi connectivity index (χ0n) is 68.3. The number of para-hydroxylation sites is 1. The number of aliphatic carboxylic acids is 1. The summed E-state index contributed by atoms with van der Waals surface area (Å²) in [4.78, 5) is 150. The lowest BCUT2D eigenvalue weighted by Crippen LogP contribution is -2.64. The number of benzene rings is 3. The number of carbonyl (C=O) groups excluding carboxylic acids is 8. The average Bonchev–Trinajstić information content (AvgIpc) is 0.770. The molecule has 2 saturated heterocycles. The molecular formula is C83H102N12O24S2. The molecule has 10 N–H and O–H groups in total. The second-order valence-corrected chi connectivity index (χ2v) is 36.5. The van der Waals surface area contributed by atoms with Crippen LogP contribution in [0.25, 0.3) is 21.3 Å². The molecule has 36 nitrogen and oxygen atoms in total. The van der Waals surface area contributed by atoms with E-state index in [-0.39, 0.29) is 98.9 Å². The summed E-state index contributed by atoms with van der Waals surface area (Å²) < 4.78 is 70.3. The van der Waals surface area contributed by atoms with E-state index in [2.05, 4.69) is 40.1 Å². The number of imide groups is 1. The number of anilines is 3. The van der Waals surface area contributed by atoms with E-state index >= 15 is 0 Å². The van der Waals surface area contributed by atoms with Crippen molar-refractivity contribution in [3.63, 3.8) is 0 Å². The zero-order valence-corrected chi connectivity index (χ0v) is 70.0. The Labute approximate surface area is 701 Å². The summed E-state index contributed by atoms with van der Waals surface area (Å²) in [6, 6.07) is 14.4. The van der Waals surface area contributed by atoms with Gasteiger partial charge in [-0.2, -0.15) is 13.5 Å². The first kappa shape index (κ1) is 88.4. The largest absolute Gasteiger partial charge is 0.496 e. The maximum absolute atomic E-state index is 14.5. The van der Waals surface area contributed by atoms with Gasteiger partial charge in [0.05, 0.1) is 80.0 Å². The van der Waals surface area contributed by atoms with Gasteiger partial charge in [0.25, 0.3) is 27.8 Å². The highest BCUT2D eigenvalue weighted by Crippen LogP contribution is 2.72. The van der Waals surface area contributed by atoms with Crippen molar-refractivity contribution >= 4 is 108 Å². The lowest BCUT2D eigenvalue weighted by molar-refractivity contribution is -0.248. The molecule has 11 atom stereocenters. The van der Waals surface area contributed by atoms with Crippen LogP contribution >= 0.6 is 11.3 Å². The van der Waals surface area contributed by atoms with Crippen LogP contribution in [0.5, 0.6) is 5.75 Å². The lowest BCUT2D eigenvalue weighted by atomic mass is 9.39. The van der Waals surface area contributed by atoms with Gasteiger partial charge in [0.1, 0.15) is 54.6 Å². The fourth-order valence-electron chi connectivity index (χ4n) is 19.6. The van der Waals surface area contributed by atoms with Crippen LogP contribution in [0.2, 0.25) is 0 Å². The van der Waals surface area contributed by atoms with Crippen molar-refractivity contribution in [2.75, 3.05) is 88.1 Å². The molecule has 38 heteroatoms. The van der Waals surface area contributed by atoms with Crippen molar-refractivity contribution in [1.29, 1.82) is 0 Å². The standard InChI is InChI=1S/C83H102N12O24S2/c1-45(2)66(89-63(96)35-93-51(37-116-29-30-121(111,112)113)32-58(75(93)105)95-64(97)21-22-65(95)98)74(104)85-46(3)72(102)86-50-15-13-49(48(31-50)14-18-60-68(99)69(100)70(101)71(119-60)77(108)109)36-117-79(110)91(25-27-114-7)26-28-118-83-41-80(5)38-81(6,42-83)40-82(39-80,43-83)44-94-47(4)55(33-84-94)53-17-20-62(88-67(53)76(106)107)92-24-23-52-56(34-92)54(16-19-59(52)115-8)73(103)90-78-87-57-11-9-10-12-61(57)120-78/h9-13,15-17,19-22,31,33,45-46,51,58,60,66,68-71,99-101H,14,18,23-30,32,34-44H2,1-8H3,(H,85,104)(H,86,102)(H,89,96)(H,106,107)(H,108,109)(H,87,90,103)(H,111,112,113)/t46-,51-,58-,60-,66?,68-,69+,70-,71-,80?,81?,82?,83?/m0/s1. The van der Waals surface area contributed by atoms with Crippen molar-refractivity contribution in [1.82, 2.24) is 45.1 Å². The summed E-state index contributed by atoms with van der Waals surface area (Å²) in [5, 5.41) is 69.4. The fourth-order valence-corrected chi connectivity index (χ4v) is 20.8. The van der Waals surface area contributed by atoms with Crippen molar-refractivity contribution in [3.8, 4) is 16.9 Å². The van der Waals surface area contributed by atoms with Crippen LogP contribution in [0.4, 0.5) is 21.4 Å². The smallest absolute Gasteiger partial charge is 0.410 e. The number of hydrogen-bond donors (Lipinski definition) is 10. The molecule has 3 aromatic heterocycles. The van der Waals surface area contributed by atoms with Gasteiger partial charge in [-0.05, 0) is 159 Å². The number of ether oxygens (including phenoxy) is 6. The third-order valence-corrected chi connectivity index (χ3v) is 25.8. The number of carbonyl (C=O) groups is 10. The molecule has 14 rings (SSSR count).